The molecule has 1 spiro atoms. The fraction of sp³-hybridized carbons (Fsp3) is 0.0909. The summed E-state index contributed by atoms with van der Waals surface area (Å²) in [6.45, 7) is 4.72. The molecule has 1 aromatic heterocycles. The summed E-state index contributed by atoms with van der Waals surface area (Å²) in [7, 11) is 0. The first kappa shape index (κ1) is 38.7. The number of rotatable bonds is 4. The summed E-state index contributed by atoms with van der Waals surface area (Å²) < 4.78 is 14.2. The van der Waals surface area contributed by atoms with E-state index in [1.807, 2.05) is 0 Å². The highest BCUT2D eigenvalue weighted by Crippen LogP contribution is 2.66. The van der Waals surface area contributed by atoms with E-state index in [0.717, 1.165) is 72.4 Å². The summed E-state index contributed by atoms with van der Waals surface area (Å²) in [5.74, 6) is 2.19. The zero-order chi connectivity index (χ0) is 45.6. The topological polar surface area (TPSA) is 25.6 Å². The lowest BCUT2D eigenvalue weighted by Gasteiger charge is -2.43. The molecule has 0 saturated carbocycles. The van der Waals surface area contributed by atoms with E-state index in [1.54, 1.807) is 0 Å². The first-order chi connectivity index (χ1) is 34.0. The van der Waals surface area contributed by atoms with Crippen molar-refractivity contribution in [2.24, 2.45) is 5.92 Å². The molecule has 2 heterocycles. The molecule has 326 valence electrons. The smallest absolute Gasteiger partial charge is 0.159 e. The van der Waals surface area contributed by atoms with Gasteiger partial charge in [0, 0.05) is 61.2 Å². The standard InChI is InChI=1S/C66H45NO2/c1-65(2)53-25-11-7-21-47(53)49-35-33-43(39-57(49)65)67(60-28-15-24-52-51-23-10-14-29-61(51)68-64(52)60)59-27-13-9-18-44(59)42-30-34-50-48-22-8-12-26-54(48)66(58(50)38-42)55-36-31-40-16-3-5-19-45(40)62(55)69-63-46-20-6-4-17-41(46)32-37-56(63)66/h3-39,48,54H,1-2H3/t48-,54?/m0/s1. The van der Waals surface area contributed by atoms with Crippen molar-refractivity contribution in [3.05, 3.63) is 258 Å². The van der Waals surface area contributed by atoms with Crippen molar-refractivity contribution < 1.29 is 9.15 Å². The zero-order valence-corrected chi connectivity index (χ0v) is 38.3. The largest absolute Gasteiger partial charge is 0.455 e. The molecule has 4 aliphatic rings. The van der Waals surface area contributed by atoms with Crippen LogP contribution in [0.2, 0.25) is 0 Å². The Balaban J connectivity index is 0.999. The number of hydrogen-bond acceptors (Lipinski definition) is 3. The first-order valence-corrected chi connectivity index (χ1v) is 24.2. The molecule has 0 bridgehead atoms. The van der Waals surface area contributed by atoms with E-state index < -0.39 is 5.41 Å². The third-order valence-electron chi connectivity index (χ3n) is 16.2. The van der Waals surface area contributed by atoms with Gasteiger partial charge in [0.05, 0.1) is 16.8 Å². The van der Waals surface area contributed by atoms with Gasteiger partial charge in [0.2, 0.25) is 0 Å². The predicted molar refractivity (Wildman–Crippen MR) is 284 cm³/mol. The summed E-state index contributed by atoms with van der Waals surface area (Å²) in [5.41, 5.74) is 16.8. The number of hydrogen-bond donors (Lipinski definition) is 0. The number of allylic oxidation sites excluding steroid dienone is 4. The van der Waals surface area contributed by atoms with Gasteiger partial charge in [-0.2, -0.15) is 0 Å². The van der Waals surface area contributed by atoms with Crippen LogP contribution in [0, 0.1) is 5.92 Å². The van der Waals surface area contributed by atoms with Crippen LogP contribution in [0.4, 0.5) is 17.1 Å². The Hall–Kier alpha value is -8.40. The lowest BCUT2D eigenvalue weighted by Crippen LogP contribution is -2.37. The quantitative estimate of drug-likeness (QED) is 0.176. The highest BCUT2D eigenvalue weighted by atomic mass is 16.5. The third kappa shape index (κ3) is 5.17. The molecule has 3 heteroatoms. The second-order valence-corrected chi connectivity index (χ2v) is 19.9. The van der Waals surface area contributed by atoms with Crippen molar-refractivity contribution in [1.29, 1.82) is 0 Å². The van der Waals surface area contributed by atoms with Crippen molar-refractivity contribution >= 4 is 60.5 Å². The van der Waals surface area contributed by atoms with Crippen LogP contribution in [-0.4, -0.2) is 0 Å². The van der Waals surface area contributed by atoms with Gasteiger partial charge in [-0.15, -0.1) is 0 Å². The molecule has 69 heavy (non-hydrogen) atoms. The number of anilines is 3. The fourth-order valence-corrected chi connectivity index (χ4v) is 13.1. The molecule has 0 fully saturated rings. The van der Waals surface area contributed by atoms with Crippen molar-refractivity contribution in [2.75, 3.05) is 4.90 Å². The second kappa shape index (κ2) is 14.1. The maximum atomic E-state index is 7.32. The Bertz CT molecular complexity index is 3990. The number of para-hydroxylation sites is 3. The Morgan fingerprint density at radius 2 is 1.09 bits per heavy atom. The molecule has 2 atom stereocenters. The minimum absolute atomic E-state index is 0.118. The molecular weight excluding hydrogens is 839 g/mol. The van der Waals surface area contributed by atoms with Crippen molar-refractivity contribution in [3.8, 4) is 33.8 Å². The van der Waals surface area contributed by atoms with Crippen molar-refractivity contribution in [1.82, 2.24) is 0 Å². The van der Waals surface area contributed by atoms with Crippen LogP contribution in [0.5, 0.6) is 11.5 Å². The highest BCUT2D eigenvalue weighted by molar-refractivity contribution is 6.11. The average molecular weight is 884 g/mol. The second-order valence-electron chi connectivity index (χ2n) is 19.9. The summed E-state index contributed by atoms with van der Waals surface area (Å²) in [4.78, 5) is 2.45. The van der Waals surface area contributed by atoms with Gasteiger partial charge in [0.25, 0.3) is 0 Å². The van der Waals surface area contributed by atoms with Crippen LogP contribution in [0.1, 0.15) is 53.1 Å². The minimum Gasteiger partial charge on any atom is -0.455 e. The summed E-state index contributed by atoms with van der Waals surface area (Å²) in [6.07, 6.45) is 9.38. The van der Waals surface area contributed by atoms with E-state index in [4.69, 9.17) is 9.15 Å². The number of benzene rings is 10. The van der Waals surface area contributed by atoms with Crippen molar-refractivity contribution in [2.45, 2.75) is 30.6 Å². The normalized spacial score (nSPS) is 17.4. The molecule has 1 unspecified atom stereocenters. The molecule has 10 aromatic carbocycles. The van der Waals surface area contributed by atoms with Gasteiger partial charge in [0.15, 0.2) is 5.58 Å². The van der Waals surface area contributed by atoms with Crippen LogP contribution < -0.4 is 9.64 Å². The monoisotopic (exact) mass is 883 g/mol. The van der Waals surface area contributed by atoms with Gasteiger partial charge in [-0.05, 0) is 86.1 Å². The molecule has 0 saturated heterocycles. The number of fused-ring (bicyclic) bond motifs is 19. The van der Waals surface area contributed by atoms with Crippen LogP contribution in [0.3, 0.4) is 0 Å². The average Bonchev–Trinajstić information content (AvgIpc) is 4.00. The van der Waals surface area contributed by atoms with E-state index in [9.17, 15) is 0 Å². The fourth-order valence-electron chi connectivity index (χ4n) is 13.1. The molecule has 0 amide bonds. The maximum absolute atomic E-state index is 7.32. The molecule has 1 aliphatic heterocycles. The molecule has 3 nitrogen and oxygen atoms in total. The van der Waals surface area contributed by atoms with Crippen molar-refractivity contribution in [3.63, 3.8) is 0 Å². The first-order valence-electron chi connectivity index (χ1n) is 24.2. The van der Waals surface area contributed by atoms with Crippen LogP contribution in [-0.2, 0) is 10.8 Å². The number of nitrogens with zero attached hydrogens (tertiary/aromatic N) is 1. The zero-order valence-electron chi connectivity index (χ0n) is 38.3. The number of furan rings is 1. The Morgan fingerprint density at radius 1 is 0.449 bits per heavy atom. The maximum Gasteiger partial charge on any atom is 0.159 e. The SMILES string of the molecule is CC1(C)c2ccccc2-c2ccc(N(c3ccccc3-c3ccc4c(c3)C3(c5ccc6ccccc6c5Oc5c3ccc3ccccc53)C3C=CC=C[C@@H]43)c3cccc4c3oc3ccccc34)cc21. The van der Waals surface area contributed by atoms with Gasteiger partial charge in [-0.1, -0.05) is 202 Å². The van der Waals surface area contributed by atoms with Gasteiger partial charge in [-0.3, -0.25) is 0 Å². The molecule has 3 aliphatic carbocycles. The van der Waals surface area contributed by atoms with Gasteiger partial charge < -0.3 is 14.1 Å². The summed E-state index contributed by atoms with van der Waals surface area (Å²) in [6, 6.07) is 73.9. The Labute approximate surface area is 400 Å². The number of ether oxygens (including phenoxy) is 1. The molecule has 0 radical (unpaired) electrons. The Morgan fingerprint density at radius 3 is 1.88 bits per heavy atom. The predicted octanol–water partition coefficient (Wildman–Crippen LogP) is 17.6. The van der Waals surface area contributed by atoms with E-state index in [-0.39, 0.29) is 17.3 Å². The van der Waals surface area contributed by atoms with E-state index in [1.165, 1.54) is 55.3 Å². The van der Waals surface area contributed by atoms with Gasteiger partial charge in [0.1, 0.15) is 17.1 Å². The van der Waals surface area contributed by atoms with Crippen LogP contribution >= 0.6 is 0 Å². The molecule has 15 rings (SSSR count). The lowest BCUT2D eigenvalue weighted by molar-refractivity contribution is 0.380. The lowest BCUT2D eigenvalue weighted by atomic mass is 9.61. The Kier molecular flexibility index (Phi) is 7.89. The van der Waals surface area contributed by atoms with Crippen LogP contribution in [0.15, 0.2) is 229 Å². The van der Waals surface area contributed by atoms with Gasteiger partial charge in [-0.25, -0.2) is 0 Å². The molecule has 0 N–H and O–H groups in total. The summed E-state index contributed by atoms with van der Waals surface area (Å²) in [5, 5.41) is 6.81. The van der Waals surface area contributed by atoms with Crippen LogP contribution in [0.25, 0.3) is 65.7 Å². The molecular formula is C66H45NO2. The summed E-state index contributed by atoms with van der Waals surface area (Å²) >= 11 is 0. The molecule has 11 aromatic rings. The van der Waals surface area contributed by atoms with E-state index in [0.29, 0.717) is 0 Å². The third-order valence-corrected chi connectivity index (χ3v) is 16.2. The minimum atomic E-state index is -0.552. The highest BCUT2D eigenvalue weighted by Gasteiger charge is 2.57. The van der Waals surface area contributed by atoms with E-state index in [2.05, 4.69) is 243 Å². The van der Waals surface area contributed by atoms with E-state index >= 15 is 0 Å². The van der Waals surface area contributed by atoms with Gasteiger partial charge >= 0.3 is 0 Å².